The molecule has 21 heavy (non-hydrogen) atoms. The van der Waals surface area contributed by atoms with Gasteiger partial charge in [0.05, 0.1) is 13.2 Å². The van der Waals surface area contributed by atoms with E-state index in [0.29, 0.717) is 0 Å². The SMILES string of the molecule is CNC(=O)[C@@H]1CCCCN1C/C=C/c1ccc(OC)cc1. The highest BCUT2D eigenvalue weighted by Crippen LogP contribution is 2.17. The molecule has 1 N–H and O–H groups in total. The maximum atomic E-state index is 11.9. The highest BCUT2D eigenvalue weighted by molar-refractivity contribution is 5.81. The van der Waals surface area contributed by atoms with Crippen molar-refractivity contribution < 1.29 is 9.53 Å². The minimum atomic E-state index is 0.0178. The van der Waals surface area contributed by atoms with Gasteiger partial charge >= 0.3 is 0 Å². The van der Waals surface area contributed by atoms with Crippen LogP contribution in [-0.2, 0) is 4.79 Å². The summed E-state index contributed by atoms with van der Waals surface area (Å²) in [4.78, 5) is 14.1. The van der Waals surface area contributed by atoms with Crippen molar-refractivity contribution in [1.82, 2.24) is 10.2 Å². The summed E-state index contributed by atoms with van der Waals surface area (Å²) < 4.78 is 5.14. The maximum Gasteiger partial charge on any atom is 0.237 e. The second-order valence-corrected chi connectivity index (χ2v) is 5.30. The highest BCUT2D eigenvalue weighted by atomic mass is 16.5. The van der Waals surface area contributed by atoms with E-state index in [1.54, 1.807) is 14.2 Å². The van der Waals surface area contributed by atoms with Crippen LogP contribution in [0.1, 0.15) is 24.8 Å². The van der Waals surface area contributed by atoms with Crippen LogP contribution < -0.4 is 10.1 Å². The second kappa shape index (κ2) is 7.84. The van der Waals surface area contributed by atoms with Crippen molar-refractivity contribution in [2.75, 3.05) is 27.2 Å². The number of benzene rings is 1. The number of likely N-dealkylation sites (tertiary alicyclic amines) is 1. The predicted octanol–water partition coefficient (Wildman–Crippen LogP) is 2.31. The van der Waals surface area contributed by atoms with Crippen molar-refractivity contribution in [3.8, 4) is 5.75 Å². The zero-order valence-electron chi connectivity index (χ0n) is 12.8. The number of nitrogens with zero attached hydrogens (tertiary/aromatic N) is 1. The van der Waals surface area contributed by atoms with Gasteiger partial charge in [0.2, 0.25) is 5.91 Å². The van der Waals surface area contributed by atoms with Gasteiger partial charge in [0, 0.05) is 13.6 Å². The Balaban J connectivity index is 1.93. The van der Waals surface area contributed by atoms with Gasteiger partial charge in [-0.2, -0.15) is 0 Å². The molecule has 4 heteroatoms. The minimum Gasteiger partial charge on any atom is -0.497 e. The highest BCUT2D eigenvalue weighted by Gasteiger charge is 2.26. The second-order valence-electron chi connectivity index (χ2n) is 5.30. The molecule has 0 bridgehead atoms. The van der Waals surface area contributed by atoms with Gasteiger partial charge in [-0.3, -0.25) is 9.69 Å². The molecular formula is C17H24N2O2. The molecule has 0 aromatic heterocycles. The summed E-state index contributed by atoms with van der Waals surface area (Å²) in [5, 5.41) is 2.77. The molecule has 1 saturated heterocycles. The van der Waals surface area contributed by atoms with Crippen molar-refractivity contribution in [2.45, 2.75) is 25.3 Å². The molecule has 1 amide bonds. The Morgan fingerprint density at radius 1 is 1.38 bits per heavy atom. The molecule has 0 spiro atoms. The molecule has 0 unspecified atom stereocenters. The zero-order chi connectivity index (χ0) is 15.1. The third-order valence-corrected chi connectivity index (χ3v) is 3.93. The van der Waals surface area contributed by atoms with Crippen molar-refractivity contribution in [3.05, 3.63) is 35.9 Å². The molecule has 0 aliphatic carbocycles. The standard InChI is InChI=1S/C17H24N2O2/c1-18-17(20)16-7-3-4-12-19(16)13-5-6-14-8-10-15(21-2)11-9-14/h5-6,8-11,16H,3-4,7,12-13H2,1-2H3,(H,18,20)/b6-5+/t16-/m0/s1. The number of amides is 1. The van der Waals surface area contributed by atoms with E-state index < -0.39 is 0 Å². The Labute approximate surface area is 126 Å². The maximum absolute atomic E-state index is 11.9. The molecule has 1 aromatic carbocycles. The third-order valence-electron chi connectivity index (χ3n) is 3.93. The number of piperidine rings is 1. The van der Waals surface area contributed by atoms with E-state index in [9.17, 15) is 4.79 Å². The van der Waals surface area contributed by atoms with Gasteiger partial charge in [0.1, 0.15) is 5.75 Å². The van der Waals surface area contributed by atoms with Crippen LogP contribution in [0.3, 0.4) is 0 Å². The first-order chi connectivity index (χ1) is 10.2. The molecule has 0 saturated carbocycles. The molecule has 2 rings (SSSR count). The number of carbonyl (C=O) groups is 1. The fourth-order valence-corrected chi connectivity index (χ4v) is 2.71. The number of likely N-dealkylation sites (N-methyl/N-ethyl adjacent to an activating group) is 1. The number of methoxy groups -OCH3 is 1. The summed E-state index contributed by atoms with van der Waals surface area (Å²) in [5.41, 5.74) is 1.14. The molecule has 114 valence electrons. The van der Waals surface area contributed by atoms with Crippen LogP contribution in [0.2, 0.25) is 0 Å². The van der Waals surface area contributed by atoms with Crippen LogP contribution in [0.15, 0.2) is 30.3 Å². The normalized spacial score (nSPS) is 19.6. The molecule has 1 aromatic rings. The first kappa shape index (κ1) is 15.6. The fraction of sp³-hybridized carbons (Fsp3) is 0.471. The molecule has 4 nitrogen and oxygen atoms in total. The lowest BCUT2D eigenvalue weighted by Gasteiger charge is -2.33. The van der Waals surface area contributed by atoms with Gasteiger partial charge in [-0.1, -0.05) is 30.7 Å². The quantitative estimate of drug-likeness (QED) is 0.904. The van der Waals surface area contributed by atoms with Crippen molar-refractivity contribution >= 4 is 12.0 Å². The first-order valence-electron chi connectivity index (χ1n) is 7.51. The van der Waals surface area contributed by atoms with Gasteiger partial charge in [0.15, 0.2) is 0 Å². The van der Waals surface area contributed by atoms with Crippen LogP contribution in [0.5, 0.6) is 5.75 Å². The van der Waals surface area contributed by atoms with E-state index >= 15 is 0 Å². The zero-order valence-corrected chi connectivity index (χ0v) is 12.8. The Hall–Kier alpha value is -1.81. The van der Waals surface area contributed by atoms with Crippen molar-refractivity contribution in [3.63, 3.8) is 0 Å². The average molecular weight is 288 g/mol. The molecule has 1 atom stereocenters. The Bertz CT molecular complexity index is 482. The van der Waals surface area contributed by atoms with Crippen LogP contribution in [0.25, 0.3) is 6.08 Å². The van der Waals surface area contributed by atoms with Crippen LogP contribution in [0.4, 0.5) is 0 Å². The summed E-state index contributed by atoms with van der Waals surface area (Å²) in [6.07, 6.45) is 7.48. The van der Waals surface area contributed by atoms with Crippen LogP contribution >= 0.6 is 0 Å². The van der Waals surface area contributed by atoms with Gasteiger partial charge in [-0.15, -0.1) is 0 Å². The van der Waals surface area contributed by atoms with Gasteiger partial charge < -0.3 is 10.1 Å². The number of nitrogens with one attached hydrogen (secondary N) is 1. The van der Waals surface area contributed by atoms with E-state index in [1.807, 2.05) is 24.3 Å². The molecule has 0 radical (unpaired) electrons. The molecule has 1 aliphatic rings. The molecule has 1 aliphatic heterocycles. The molecular weight excluding hydrogens is 264 g/mol. The minimum absolute atomic E-state index is 0.0178. The largest absolute Gasteiger partial charge is 0.497 e. The topological polar surface area (TPSA) is 41.6 Å². The lowest BCUT2D eigenvalue weighted by molar-refractivity contribution is -0.126. The smallest absolute Gasteiger partial charge is 0.237 e. The Kier molecular flexibility index (Phi) is 5.81. The van der Waals surface area contributed by atoms with E-state index in [1.165, 1.54) is 6.42 Å². The first-order valence-corrected chi connectivity index (χ1v) is 7.51. The van der Waals surface area contributed by atoms with Gasteiger partial charge in [0.25, 0.3) is 0 Å². The number of carbonyl (C=O) groups excluding carboxylic acids is 1. The Morgan fingerprint density at radius 3 is 2.81 bits per heavy atom. The van der Waals surface area contributed by atoms with Gasteiger partial charge in [-0.25, -0.2) is 0 Å². The summed E-state index contributed by atoms with van der Waals surface area (Å²) >= 11 is 0. The fourth-order valence-electron chi connectivity index (χ4n) is 2.71. The van der Waals surface area contributed by atoms with E-state index in [4.69, 9.17) is 4.74 Å². The number of hydrogen-bond donors (Lipinski definition) is 1. The van der Waals surface area contributed by atoms with Gasteiger partial charge in [-0.05, 0) is 37.1 Å². The average Bonchev–Trinajstić information content (AvgIpc) is 2.55. The van der Waals surface area contributed by atoms with E-state index in [2.05, 4.69) is 22.4 Å². The number of hydrogen-bond acceptors (Lipinski definition) is 3. The monoisotopic (exact) mass is 288 g/mol. The number of rotatable bonds is 5. The van der Waals surface area contributed by atoms with E-state index in [0.717, 1.165) is 37.2 Å². The lowest BCUT2D eigenvalue weighted by atomic mass is 10.0. The van der Waals surface area contributed by atoms with Crippen molar-refractivity contribution in [1.29, 1.82) is 0 Å². The number of ether oxygens (including phenoxy) is 1. The summed E-state index contributed by atoms with van der Waals surface area (Å²) in [5.74, 6) is 0.996. The third kappa shape index (κ3) is 4.33. The molecule has 1 heterocycles. The summed E-state index contributed by atoms with van der Waals surface area (Å²) in [6, 6.07) is 7.98. The molecule has 1 fully saturated rings. The van der Waals surface area contributed by atoms with Crippen LogP contribution in [0, 0.1) is 0 Å². The summed E-state index contributed by atoms with van der Waals surface area (Å²) in [7, 11) is 3.38. The Morgan fingerprint density at radius 2 is 2.14 bits per heavy atom. The van der Waals surface area contributed by atoms with E-state index in [-0.39, 0.29) is 11.9 Å². The summed E-state index contributed by atoms with van der Waals surface area (Å²) in [6.45, 7) is 1.80. The van der Waals surface area contributed by atoms with Crippen LogP contribution in [-0.4, -0.2) is 44.1 Å². The predicted molar refractivity (Wildman–Crippen MR) is 85.3 cm³/mol. The lowest BCUT2D eigenvalue weighted by Crippen LogP contribution is -2.48. The van der Waals surface area contributed by atoms with Crippen molar-refractivity contribution in [2.24, 2.45) is 0 Å².